The number of benzene rings is 1. The molecule has 0 saturated carbocycles. The molecule has 0 amide bonds. The molecule has 0 bridgehead atoms. The molecule has 1 N–H and O–H groups in total. The first-order valence-corrected chi connectivity index (χ1v) is 5.99. The number of hydrogen-bond donors (Lipinski definition) is 1. The van der Waals surface area contributed by atoms with Crippen molar-refractivity contribution in [3.63, 3.8) is 0 Å². The van der Waals surface area contributed by atoms with Gasteiger partial charge in [0, 0.05) is 24.9 Å². The second-order valence-corrected chi connectivity index (χ2v) is 4.56. The Balaban J connectivity index is 2.14. The Labute approximate surface area is 104 Å². The van der Waals surface area contributed by atoms with Crippen molar-refractivity contribution in [2.75, 3.05) is 18.5 Å². The number of anilines is 1. The Morgan fingerprint density at radius 3 is 2.50 bits per heavy atom. The van der Waals surface area contributed by atoms with E-state index >= 15 is 0 Å². The van der Waals surface area contributed by atoms with Crippen molar-refractivity contribution < 1.29 is 17.9 Å². The standard InChI is InChI=1S/C13H16F3NO/c1-9-2-3-11(8-12(9)13(14,15)16)17-10-4-6-18-7-5-10/h2-3,8,10,17H,4-7H2,1H3. The molecule has 2 rings (SSSR count). The lowest BCUT2D eigenvalue weighted by Gasteiger charge is -2.24. The lowest BCUT2D eigenvalue weighted by molar-refractivity contribution is -0.138. The molecule has 5 heteroatoms. The number of ether oxygens (including phenoxy) is 1. The summed E-state index contributed by atoms with van der Waals surface area (Å²) >= 11 is 0. The van der Waals surface area contributed by atoms with E-state index in [9.17, 15) is 13.2 Å². The summed E-state index contributed by atoms with van der Waals surface area (Å²) in [6.45, 7) is 2.80. The lowest BCUT2D eigenvalue weighted by atomic mass is 10.1. The van der Waals surface area contributed by atoms with Crippen LogP contribution < -0.4 is 5.32 Å². The number of alkyl halides is 3. The zero-order valence-corrected chi connectivity index (χ0v) is 10.2. The monoisotopic (exact) mass is 259 g/mol. The van der Waals surface area contributed by atoms with E-state index in [-0.39, 0.29) is 11.6 Å². The summed E-state index contributed by atoms with van der Waals surface area (Å²) in [7, 11) is 0. The smallest absolute Gasteiger partial charge is 0.382 e. The van der Waals surface area contributed by atoms with Crippen molar-refractivity contribution in [3.05, 3.63) is 29.3 Å². The molecule has 1 aromatic rings. The molecule has 0 radical (unpaired) electrons. The Bertz CT molecular complexity index is 411. The third-order valence-electron chi connectivity index (χ3n) is 3.14. The van der Waals surface area contributed by atoms with Crippen molar-refractivity contribution in [3.8, 4) is 0 Å². The van der Waals surface area contributed by atoms with Crippen molar-refractivity contribution >= 4 is 5.69 Å². The maximum atomic E-state index is 12.8. The van der Waals surface area contributed by atoms with Gasteiger partial charge in [0.2, 0.25) is 0 Å². The predicted molar refractivity (Wildman–Crippen MR) is 63.6 cm³/mol. The van der Waals surface area contributed by atoms with E-state index < -0.39 is 11.7 Å². The number of halogens is 3. The van der Waals surface area contributed by atoms with Crippen LogP contribution in [0.3, 0.4) is 0 Å². The minimum absolute atomic E-state index is 0.197. The van der Waals surface area contributed by atoms with Crippen molar-refractivity contribution in [2.24, 2.45) is 0 Å². The summed E-state index contributed by atoms with van der Waals surface area (Å²) in [4.78, 5) is 0. The van der Waals surface area contributed by atoms with Gasteiger partial charge in [0.1, 0.15) is 0 Å². The predicted octanol–water partition coefficient (Wildman–Crippen LogP) is 3.60. The van der Waals surface area contributed by atoms with Crippen LogP contribution in [0.4, 0.5) is 18.9 Å². The highest BCUT2D eigenvalue weighted by Gasteiger charge is 2.32. The second kappa shape index (κ2) is 5.18. The zero-order valence-electron chi connectivity index (χ0n) is 10.2. The maximum absolute atomic E-state index is 12.8. The van der Waals surface area contributed by atoms with E-state index in [0.29, 0.717) is 18.9 Å². The Hall–Kier alpha value is -1.23. The van der Waals surface area contributed by atoms with E-state index in [1.807, 2.05) is 0 Å². The molecular weight excluding hydrogens is 243 g/mol. The van der Waals surface area contributed by atoms with Crippen LogP contribution in [-0.4, -0.2) is 19.3 Å². The molecule has 1 aromatic carbocycles. The molecule has 1 saturated heterocycles. The van der Waals surface area contributed by atoms with Crippen LogP contribution in [0.5, 0.6) is 0 Å². The number of rotatable bonds is 2. The van der Waals surface area contributed by atoms with Gasteiger partial charge in [0.05, 0.1) is 5.56 Å². The Morgan fingerprint density at radius 2 is 1.89 bits per heavy atom. The largest absolute Gasteiger partial charge is 0.416 e. The molecule has 1 aliphatic heterocycles. The number of aryl methyl sites for hydroxylation is 1. The minimum atomic E-state index is -4.29. The normalized spacial score (nSPS) is 17.8. The molecule has 100 valence electrons. The molecule has 0 spiro atoms. The van der Waals surface area contributed by atoms with Crippen LogP contribution in [0.1, 0.15) is 24.0 Å². The fourth-order valence-corrected chi connectivity index (χ4v) is 2.09. The van der Waals surface area contributed by atoms with Gasteiger partial charge in [-0.2, -0.15) is 13.2 Å². The van der Waals surface area contributed by atoms with Gasteiger partial charge < -0.3 is 10.1 Å². The molecular formula is C13H16F3NO. The van der Waals surface area contributed by atoms with Gasteiger partial charge in [-0.25, -0.2) is 0 Å². The van der Waals surface area contributed by atoms with Crippen molar-refractivity contribution in [1.29, 1.82) is 0 Å². The molecule has 0 atom stereocenters. The van der Waals surface area contributed by atoms with E-state index in [1.165, 1.54) is 19.1 Å². The van der Waals surface area contributed by atoms with Crippen molar-refractivity contribution in [1.82, 2.24) is 0 Å². The summed E-state index contributed by atoms with van der Waals surface area (Å²) in [5.41, 5.74) is 0.208. The average Bonchev–Trinajstić information content (AvgIpc) is 2.31. The Morgan fingerprint density at radius 1 is 1.22 bits per heavy atom. The lowest BCUT2D eigenvalue weighted by Crippen LogP contribution is -2.28. The maximum Gasteiger partial charge on any atom is 0.416 e. The zero-order chi connectivity index (χ0) is 13.2. The van der Waals surface area contributed by atoms with Crippen LogP contribution >= 0.6 is 0 Å². The van der Waals surface area contributed by atoms with Gasteiger partial charge in [-0.05, 0) is 37.5 Å². The first-order chi connectivity index (χ1) is 8.47. The summed E-state index contributed by atoms with van der Waals surface area (Å²) in [6, 6.07) is 4.58. The van der Waals surface area contributed by atoms with Crippen LogP contribution in [0.15, 0.2) is 18.2 Å². The molecule has 0 aliphatic carbocycles. The molecule has 0 unspecified atom stereocenters. The highest BCUT2D eigenvalue weighted by atomic mass is 19.4. The SMILES string of the molecule is Cc1ccc(NC2CCOCC2)cc1C(F)(F)F. The fourth-order valence-electron chi connectivity index (χ4n) is 2.09. The van der Waals surface area contributed by atoms with Crippen LogP contribution in [0.25, 0.3) is 0 Å². The molecule has 1 heterocycles. The summed E-state index contributed by atoms with van der Waals surface area (Å²) in [5, 5.41) is 3.14. The highest BCUT2D eigenvalue weighted by Crippen LogP contribution is 2.33. The minimum Gasteiger partial charge on any atom is -0.382 e. The molecule has 18 heavy (non-hydrogen) atoms. The fraction of sp³-hybridized carbons (Fsp3) is 0.538. The number of nitrogens with one attached hydrogen (secondary N) is 1. The van der Waals surface area contributed by atoms with E-state index in [0.717, 1.165) is 12.8 Å². The van der Waals surface area contributed by atoms with Crippen LogP contribution in [0, 0.1) is 6.92 Å². The summed E-state index contributed by atoms with van der Waals surface area (Å²) in [5.74, 6) is 0. The van der Waals surface area contributed by atoms with Crippen LogP contribution in [-0.2, 0) is 10.9 Å². The van der Waals surface area contributed by atoms with Gasteiger partial charge in [0.25, 0.3) is 0 Å². The van der Waals surface area contributed by atoms with Gasteiger partial charge in [-0.1, -0.05) is 6.07 Å². The van der Waals surface area contributed by atoms with Crippen LogP contribution in [0.2, 0.25) is 0 Å². The van der Waals surface area contributed by atoms with Crippen molar-refractivity contribution in [2.45, 2.75) is 32.0 Å². The summed E-state index contributed by atoms with van der Waals surface area (Å²) in [6.07, 6.45) is -2.64. The summed E-state index contributed by atoms with van der Waals surface area (Å²) < 4.78 is 43.5. The topological polar surface area (TPSA) is 21.3 Å². The molecule has 1 aliphatic rings. The van der Waals surface area contributed by atoms with Gasteiger partial charge in [-0.15, -0.1) is 0 Å². The van der Waals surface area contributed by atoms with Gasteiger partial charge >= 0.3 is 6.18 Å². The number of hydrogen-bond acceptors (Lipinski definition) is 2. The van der Waals surface area contributed by atoms with Gasteiger partial charge in [-0.3, -0.25) is 0 Å². The highest BCUT2D eigenvalue weighted by molar-refractivity contribution is 5.50. The van der Waals surface area contributed by atoms with E-state index in [1.54, 1.807) is 6.07 Å². The Kier molecular flexibility index (Phi) is 3.80. The quantitative estimate of drug-likeness (QED) is 0.876. The first-order valence-electron chi connectivity index (χ1n) is 5.99. The second-order valence-electron chi connectivity index (χ2n) is 4.56. The molecule has 1 fully saturated rings. The average molecular weight is 259 g/mol. The third kappa shape index (κ3) is 3.16. The van der Waals surface area contributed by atoms with Gasteiger partial charge in [0.15, 0.2) is 0 Å². The molecule has 2 nitrogen and oxygen atoms in total. The van der Waals surface area contributed by atoms with E-state index in [4.69, 9.17) is 4.74 Å². The van der Waals surface area contributed by atoms with E-state index in [2.05, 4.69) is 5.32 Å². The first kappa shape index (κ1) is 13.2. The molecule has 0 aromatic heterocycles. The third-order valence-corrected chi connectivity index (χ3v) is 3.14.